The Morgan fingerprint density at radius 2 is 2.30 bits per heavy atom. The number of benzene rings is 1. The molecule has 0 spiro atoms. The maximum Gasteiger partial charge on any atom is 0.336 e. The second kappa shape index (κ2) is 5.46. The van der Waals surface area contributed by atoms with Gasteiger partial charge in [-0.05, 0) is 31.9 Å². The van der Waals surface area contributed by atoms with Crippen LogP contribution in [-0.2, 0) is 0 Å². The molecular formula is C13H17N3O4. The van der Waals surface area contributed by atoms with Gasteiger partial charge in [0, 0.05) is 24.8 Å². The Morgan fingerprint density at radius 3 is 2.80 bits per heavy atom. The van der Waals surface area contributed by atoms with Gasteiger partial charge in [0.2, 0.25) is 0 Å². The molecule has 1 aromatic rings. The van der Waals surface area contributed by atoms with Crippen LogP contribution in [0, 0.1) is 23.0 Å². The van der Waals surface area contributed by atoms with Gasteiger partial charge in [0.15, 0.2) is 0 Å². The number of nitrogens with two attached hydrogens (primary N) is 1. The predicted molar refractivity (Wildman–Crippen MR) is 74.2 cm³/mol. The van der Waals surface area contributed by atoms with E-state index in [2.05, 4.69) is 0 Å². The van der Waals surface area contributed by atoms with Crippen molar-refractivity contribution in [2.45, 2.75) is 13.3 Å². The first-order valence-corrected chi connectivity index (χ1v) is 6.41. The molecule has 20 heavy (non-hydrogen) atoms. The Labute approximate surface area is 116 Å². The highest BCUT2D eigenvalue weighted by molar-refractivity contribution is 5.90. The SMILES string of the molecule is Cc1c(N2CCC(CN)C2)cc(C(=O)O)cc1[N+](=O)[O-]. The van der Waals surface area contributed by atoms with E-state index < -0.39 is 10.9 Å². The third-order valence-corrected chi connectivity index (χ3v) is 3.76. The average Bonchev–Trinajstić information content (AvgIpc) is 2.86. The molecular weight excluding hydrogens is 262 g/mol. The Bertz CT molecular complexity index is 559. The summed E-state index contributed by atoms with van der Waals surface area (Å²) in [6, 6.07) is 2.61. The molecule has 1 aliphatic rings. The number of nitro groups is 1. The number of hydrogen-bond donors (Lipinski definition) is 2. The lowest BCUT2D eigenvalue weighted by molar-refractivity contribution is -0.385. The van der Waals surface area contributed by atoms with Gasteiger partial charge in [-0.2, -0.15) is 0 Å². The Hall–Kier alpha value is -2.15. The van der Waals surface area contributed by atoms with Crippen LogP contribution in [0.3, 0.4) is 0 Å². The zero-order chi connectivity index (χ0) is 14.9. The average molecular weight is 279 g/mol. The van der Waals surface area contributed by atoms with Crippen LogP contribution in [-0.4, -0.2) is 35.6 Å². The molecule has 0 amide bonds. The van der Waals surface area contributed by atoms with Crippen molar-refractivity contribution >= 4 is 17.3 Å². The molecule has 1 heterocycles. The fourth-order valence-corrected chi connectivity index (χ4v) is 2.57. The lowest BCUT2D eigenvalue weighted by Gasteiger charge is -2.21. The minimum atomic E-state index is -1.16. The molecule has 2 rings (SSSR count). The number of carboxylic acid groups (broad SMARTS) is 1. The van der Waals surface area contributed by atoms with E-state index in [1.165, 1.54) is 6.07 Å². The highest BCUT2D eigenvalue weighted by Crippen LogP contribution is 2.33. The summed E-state index contributed by atoms with van der Waals surface area (Å²) in [5.41, 5.74) is 6.54. The fourth-order valence-electron chi connectivity index (χ4n) is 2.57. The topological polar surface area (TPSA) is 110 Å². The minimum absolute atomic E-state index is 0.0616. The highest BCUT2D eigenvalue weighted by Gasteiger charge is 2.27. The maximum atomic E-state index is 11.1. The van der Waals surface area contributed by atoms with E-state index in [1.807, 2.05) is 4.90 Å². The normalized spacial score (nSPS) is 18.3. The van der Waals surface area contributed by atoms with Crippen LogP contribution >= 0.6 is 0 Å². The zero-order valence-corrected chi connectivity index (χ0v) is 11.2. The molecule has 1 aliphatic heterocycles. The van der Waals surface area contributed by atoms with Crippen molar-refractivity contribution < 1.29 is 14.8 Å². The van der Waals surface area contributed by atoms with Gasteiger partial charge in [-0.15, -0.1) is 0 Å². The summed E-state index contributed by atoms with van der Waals surface area (Å²) in [5, 5.41) is 20.1. The van der Waals surface area contributed by atoms with Crippen LogP contribution < -0.4 is 10.6 Å². The van der Waals surface area contributed by atoms with Gasteiger partial charge < -0.3 is 15.7 Å². The van der Waals surface area contributed by atoms with Crippen LogP contribution in [0.25, 0.3) is 0 Å². The quantitative estimate of drug-likeness (QED) is 0.636. The van der Waals surface area contributed by atoms with Gasteiger partial charge >= 0.3 is 5.97 Å². The molecule has 0 radical (unpaired) electrons. The molecule has 1 aromatic carbocycles. The summed E-state index contributed by atoms with van der Waals surface area (Å²) < 4.78 is 0. The van der Waals surface area contributed by atoms with Gasteiger partial charge in [-0.1, -0.05) is 0 Å². The maximum absolute atomic E-state index is 11.1. The second-order valence-electron chi connectivity index (χ2n) is 5.04. The van der Waals surface area contributed by atoms with E-state index in [4.69, 9.17) is 10.8 Å². The van der Waals surface area contributed by atoms with Crippen LogP contribution in [0.2, 0.25) is 0 Å². The predicted octanol–water partition coefficient (Wildman–Crippen LogP) is 1.39. The van der Waals surface area contributed by atoms with Gasteiger partial charge in [0.05, 0.1) is 16.1 Å². The Morgan fingerprint density at radius 1 is 1.60 bits per heavy atom. The molecule has 7 nitrogen and oxygen atoms in total. The molecule has 0 aromatic heterocycles. The number of aromatic carboxylic acids is 1. The van der Waals surface area contributed by atoms with Crippen LogP contribution in [0.1, 0.15) is 22.3 Å². The van der Waals surface area contributed by atoms with E-state index in [0.717, 1.165) is 19.0 Å². The Kier molecular flexibility index (Phi) is 3.89. The van der Waals surface area contributed by atoms with Gasteiger partial charge in [0.25, 0.3) is 5.69 Å². The second-order valence-corrected chi connectivity index (χ2v) is 5.04. The summed E-state index contributed by atoms with van der Waals surface area (Å²) in [7, 11) is 0. The largest absolute Gasteiger partial charge is 0.478 e. The van der Waals surface area contributed by atoms with E-state index in [-0.39, 0.29) is 11.3 Å². The zero-order valence-electron chi connectivity index (χ0n) is 11.2. The van der Waals surface area contributed by atoms with Crippen LogP contribution in [0.15, 0.2) is 12.1 Å². The summed E-state index contributed by atoms with van der Waals surface area (Å²) in [5.74, 6) is -0.814. The van der Waals surface area contributed by atoms with E-state index in [9.17, 15) is 14.9 Å². The lowest BCUT2D eigenvalue weighted by Crippen LogP contribution is -2.24. The molecule has 1 saturated heterocycles. The number of nitro benzene ring substituents is 1. The fraction of sp³-hybridized carbons (Fsp3) is 0.462. The third-order valence-electron chi connectivity index (χ3n) is 3.76. The van der Waals surface area contributed by atoms with Crippen LogP contribution in [0.4, 0.5) is 11.4 Å². The third kappa shape index (κ3) is 2.57. The number of hydrogen-bond acceptors (Lipinski definition) is 5. The molecule has 7 heteroatoms. The van der Waals surface area contributed by atoms with Crippen molar-refractivity contribution in [3.05, 3.63) is 33.4 Å². The van der Waals surface area contributed by atoms with E-state index in [1.54, 1.807) is 6.92 Å². The number of anilines is 1. The van der Waals surface area contributed by atoms with Crippen molar-refractivity contribution in [3.63, 3.8) is 0 Å². The molecule has 1 fully saturated rings. The van der Waals surface area contributed by atoms with Crippen molar-refractivity contribution in [2.24, 2.45) is 11.7 Å². The monoisotopic (exact) mass is 279 g/mol. The van der Waals surface area contributed by atoms with Crippen molar-refractivity contribution in [2.75, 3.05) is 24.5 Å². The number of carbonyl (C=O) groups is 1. The summed E-state index contributed by atoms with van der Waals surface area (Å²) in [4.78, 5) is 23.6. The lowest BCUT2D eigenvalue weighted by atomic mass is 10.1. The van der Waals surface area contributed by atoms with Gasteiger partial charge in [0.1, 0.15) is 0 Å². The smallest absolute Gasteiger partial charge is 0.336 e. The molecule has 108 valence electrons. The number of carboxylic acids is 1. The summed E-state index contributed by atoms with van der Waals surface area (Å²) in [6.07, 6.45) is 0.918. The highest BCUT2D eigenvalue weighted by atomic mass is 16.6. The van der Waals surface area contributed by atoms with Crippen molar-refractivity contribution in [1.82, 2.24) is 0 Å². The number of nitrogens with zero attached hydrogens (tertiary/aromatic N) is 2. The van der Waals surface area contributed by atoms with Gasteiger partial charge in [-0.3, -0.25) is 10.1 Å². The van der Waals surface area contributed by atoms with Gasteiger partial charge in [-0.25, -0.2) is 4.79 Å². The van der Waals surface area contributed by atoms with Crippen molar-refractivity contribution in [1.29, 1.82) is 0 Å². The molecule has 0 saturated carbocycles. The van der Waals surface area contributed by atoms with E-state index in [0.29, 0.717) is 30.3 Å². The standard InChI is InChI=1S/C13H17N3O4/c1-8-11(15-3-2-9(6-14)7-15)4-10(13(17)18)5-12(8)16(19)20/h4-5,9H,2-3,6-7,14H2,1H3,(H,17,18). The van der Waals surface area contributed by atoms with Crippen LogP contribution in [0.5, 0.6) is 0 Å². The molecule has 3 N–H and O–H groups in total. The van der Waals surface area contributed by atoms with Crippen molar-refractivity contribution in [3.8, 4) is 0 Å². The molecule has 0 bridgehead atoms. The first-order chi connectivity index (χ1) is 9.43. The summed E-state index contributed by atoms with van der Waals surface area (Å²) >= 11 is 0. The first kappa shape index (κ1) is 14.3. The first-order valence-electron chi connectivity index (χ1n) is 6.41. The number of rotatable bonds is 4. The Balaban J connectivity index is 2.46. The van der Waals surface area contributed by atoms with E-state index >= 15 is 0 Å². The molecule has 0 aliphatic carbocycles. The minimum Gasteiger partial charge on any atom is -0.478 e. The molecule has 1 unspecified atom stereocenters. The molecule has 1 atom stereocenters. The summed E-state index contributed by atoms with van der Waals surface area (Å²) in [6.45, 7) is 3.66.